The fourth-order valence-corrected chi connectivity index (χ4v) is 2.78. The maximum atomic E-state index is 12.3. The fraction of sp³-hybridized carbons (Fsp3) is 0.0625. The average molecular weight is 324 g/mol. The van der Waals surface area contributed by atoms with Crippen LogP contribution >= 0.6 is 0 Å². The normalized spacial score (nSPS) is 17.1. The molecule has 0 spiro atoms. The number of aromatic hydroxyl groups is 1. The molecule has 0 bridgehead atoms. The number of fused-ring (bicyclic) bond motifs is 4. The average Bonchev–Trinajstić information content (AvgIpc) is 2.54. The number of aromatic nitrogens is 2. The number of carbonyl (C=O) groups is 2. The van der Waals surface area contributed by atoms with Crippen LogP contribution in [0.15, 0.2) is 27.8 Å². The van der Waals surface area contributed by atoms with Gasteiger partial charge in [-0.3, -0.25) is 19.2 Å². The van der Waals surface area contributed by atoms with E-state index in [4.69, 9.17) is 0 Å². The summed E-state index contributed by atoms with van der Waals surface area (Å²) in [6, 6.07) is 3.29. The Hall–Kier alpha value is -3.39. The number of ketones is 2. The van der Waals surface area contributed by atoms with E-state index in [2.05, 4.69) is 9.97 Å². The van der Waals surface area contributed by atoms with E-state index < -0.39 is 34.3 Å². The molecule has 8 heteroatoms. The third-order valence-electron chi connectivity index (χ3n) is 3.97. The van der Waals surface area contributed by atoms with Crippen LogP contribution < -0.4 is 16.1 Å². The molecule has 3 aromatic rings. The van der Waals surface area contributed by atoms with Gasteiger partial charge in [-0.05, 0) is 12.1 Å². The van der Waals surface area contributed by atoms with Crippen LogP contribution in [-0.2, 0) is 9.59 Å². The van der Waals surface area contributed by atoms with Crippen LogP contribution in [0.2, 0.25) is 0 Å². The lowest BCUT2D eigenvalue weighted by Crippen LogP contribution is -2.34. The third kappa shape index (κ3) is 1.80. The van der Waals surface area contributed by atoms with Gasteiger partial charge in [0.25, 0.3) is 0 Å². The molecule has 118 valence electrons. The van der Waals surface area contributed by atoms with Gasteiger partial charge in [0.1, 0.15) is 11.6 Å². The molecule has 2 aromatic carbocycles. The summed E-state index contributed by atoms with van der Waals surface area (Å²) < 4.78 is 0. The summed E-state index contributed by atoms with van der Waals surface area (Å²) in [6.07, 6.45) is -0.703. The van der Waals surface area contributed by atoms with Crippen molar-refractivity contribution in [3.63, 3.8) is 0 Å². The summed E-state index contributed by atoms with van der Waals surface area (Å²) in [5.41, 5.74) is -0.649. The molecule has 1 aliphatic carbocycles. The molecule has 0 aliphatic heterocycles. The second kappa shape index (κ2) is 4.56. The second-order valence-electron chi connectivity index (χ2n) is 5.45. The van der Waals surface area contributed by atoms with Crippen molar-refractivity contribution in [2.75, 3.05) is 0 Å². The van der Waals surface area contributed by atoms with Crippen molar-refractivity contribution in [1.82, 2.24) is 9.97 Å². The molecule has 1 aliphatic rings. The van der Waals surface area contributed by atoms with Crippen LogP contribution in [0.5, 0.6) is 5.75 Å². The summed E-state index contributed by atoms with van der Waals surface area (Å²) in [6.45, 7) is 0. The van der Waals surface area contributed by atoms with Crippen molar-refractivity contribution in [3.8, 4) is 5.75 Å². The summed E-state index contributed by atoms with van der Waals surface area (Å²) in [5.74, 6) is -2.42. The van der Waals surface area contributed by atoms with Crippen LogP contribution in [0.25, 0.3) is 28.1 Å². The number of phenolic OH excluding ortho intramolecular Hbond substituents is 1. The number of aliphatic hydroxyl groups excluding tert-OH is 1. The Kier molecular flexibility index (Phi) is 2.70. The number of rotatable bonds is 0. The maximum Gasteiger partial charge on any atom is 0.235 e. The van der Waals surface area contributed by atoms with Crippen molar-refractivity contribution in [2.45, 2.75) is 6.10 Å². The van der Waals surface area contributed by atoms with Gasteiger partial charge in [0, 0.05) is 22.9 Å². The highest BCUT2D eigenvalue weighted by Gasteiger charge is 2.30. The lowest BCUT2D eigenvalue weighted by molar-refractivity contribution is -0.139. The van der Waals surface area contributed by atoms with E-state index in [1.54, 1.807) is 0 Å². The molecule has 0 saturated heterocycles. The van der Waals surface area contributed by atoms with E-state index in [0.29, 0.717) is 0 Å². The van der Waals surface area contributed by atoms with Crippen molar-refractivity contribution in [2.24, 2.45) is 0 Å². The summed E-state index contributed by atoms with van der Waals surface area (Å²) in [5, 5.41) is 19.6. The van der Waals surface area contributed by atoms with Gasteiger partial charge in [0.2, 0.25) is 22.4 Å². The summed E-state index contributed by atoms with van der Waals surface area (Å²) >= 11 is 0. The minimum Gasteiger partial charge on any atom is -0.504 e. The molecule has 0 radical (unpaired) electrons. The molecule has 1 heterocycles. The largest absolute Gasteiger partial charge is 0.504 e. The second-order valence-corrected chi connectivity index (χ2v) is 5.45. The van der Waals surface area contributed by atoms with Gasteiger partial charge in [-0.15, -0.1) is 0 Å². The Morgan fingerprint density at radius 2 is 1.79 bits per heavy atom. The van der Waals surface area contributed by atoms with Crippen LogP contribution in [0.4, 0.5) is 0 Å². The predicted octanol–water partition coefficient (Wildman–Crippen LogP) is -1.17. The van der Waals surface area contributed by atoms with Gasteiger partial charge in [0.15, 0.2) is 5.75 Å². The molecule has 0 fully saturated rings. The van der Waals surface area contributed by atoms with Crippen LogP contribution in [0.1, 0.15) is 11.7 Å². The number of nitrogens with one attached hydrogen (secondary N) is 1. The topological polar surface area (TPSA) is 137 Å². The number of phenols is 1. The van der Waals surface area contributed by atoms with Crippen molar-refractivity contribution in [1.29, 1.82) is 0 Å². The number of aromatic amines is 1. The van der Waals surface area contributed by atoms with E-state index in [1.165, 1.54) is 0 Å². The number of carbonyl (C=O) groups excluding carboxylic acids is 2. The number of Topliss-reactive ketones (excluding diaryl/α,β-unsaturated/α-hetero) is 2. The van der Waals surface area contributed by atoms with Gasteiger partial charge < -0.3 is 15.2 Å². The van der Waals surface area contributed by atoms with E-state index in [-0.39, 0.29) is 32.8 Å². The molecule has 0 amide bonds. The smallest absolute Gasteiger partial charge is 0.235 e. The number of H-pyrrole nitrogens is 1. The molecule has 4 rings (SSSR count). The Labute approximate surface area is 131 Å². The molecule has 1 atom stereocenters. The zero-order valence-corrected chi connectivity index (χ0v) is 11.9. The molecule has 1 unspecified atom stereocenters. The van der Waals surface area contributed by atoms with Gasteiger partial charge in [0.05, 0.1) is 16.6 Å². The number of hydrogen-bond donors (Lipinski definition) is 3. The number of aliphatic hydroxyl groups is 1. The lowest BCUT2D eigenvalue weighted by Gasteiger charge is -2.14. The highest BCUT2D eigenvalue weighted by molar-refractivity contribution is 6.50. The van der Waals surface area contributed by atoms with E-state index >= 15 is 0 Å². The maximum absolute atomic E-state index is 12.3. The van der Waals surface area contributed by atoms with Crippen molar-refractivity contribution < 1.29 is 19.8 Å². The monoisotopic (exact) mass is 324 g/mol. The third-order valence-corrected chi connectivity index (χ3v) is 3.97. The van der Waals surface area contributed by atoms with E-state index in [1.807, 2.05) is 0 Å². The molecular weight excluding hydrogens is 316 g/mol. The quantitative estimate of drug-likeness (QED) is 0.350. The van der Waals surface area contributed by atoms with Crippen LogP contribution in [0, 0.1) is 0 Å². The van der Waals surface area contributed by atoms with Crippen LogP contribution in [-0.4, -0.2) is 31.7 Å². The Morgan fingerprint density at radius 1 is 1.04 bits per heavy atom. The predicted molar refractivity (Wildman–Crippen MR) is 82.5 cm³/mol. The van der Waals surface area contributed by atoms with Crippen molar-refractivity contribution >= 4 is 39.7 Å². The van der Waals surface area contributed by atoms with Gasteiger partial charge in [-0.25, -0.2) is 4.98 Å². The first-order valence-corrected chi connectivity index (χ1v) is 6.88. The fourth-order valence-electron chi connectivity index (χ4n) is 2.78. The molecule has 1 aromatic heterocycles. The minimum atomic E-state index is -1.72. The summed E-state index contributed by atoms with van der Waals surface area (Å²) in [7, 11) is 0. The highest BCUT2D eigenvalue weighted by Crippen LogP contribution is 2.18. The van der Waals surface area contributed by atoms with Gasteiger partial charge >= 0.3 is 0 Å². The first-order valence-electron chi connectivity index (χ1n) is 6.88. The molecule has 3 N–H and O–H groups in total. The SMILES string of the molecule is O=C1C=c2c(cc(=O)c3[nH]c4cc(=O)c(O)cc4nc23)C(O)C1=O. The molecular formula is C16H8N2O6. The van der Waals surface area contributed by atoms with Crippen LogP contribution in [0.3, 0.4) is 0 Å². The van der Waals surface area contributed by atoms with Crippen molar-refractivity contribution in [3.05, 3.63) is 49.4 Å². The number of nitrogens with zero attached hydrogens (tertiary/aromatic N) is 1. The molecule has 8 nitrogen and oxygen atoms in total. The molecule has 24 heavy (non-hydrogen) atoms. The van der Waals surface area contributed by atoms with Gasteiger partial charge in [-0.1, -0.05) is 0 Å². The minimum absolute atomic E-state index is 0.00187. The van der Waals surface area contributed by atoms with Gasteiger partial charge in [-0.2, -0.15) is 0 Å². The number of hydrogen-bond acceptors (Lipinski definition) is 7. The standard InChI is InChI=1S/C16H8N2O6/c19-9-3-7-8(4-10(9)20)18-14-11(21)2-6-5(13(14)17-7)1-12(22)16(24)15(6)23/h1-4,15,18-19,23H. The first-order chi connectivity index (χ1) is 11.4. The number of benzene rings is 2. The van der Waals surface area contributed by atoms with E-state index in [0.717, 1.165) is 24.3 Å². The molecule has 0 saturated carbocycles. The zero-order chi connectivity index (χ0) is 17.2. The highest BCUT2D eigenvalue weighted by atomic mass is 16.3. The Morgan fingerprint density at radius 3 is 2.54 bits per heavy atom. The lowest BCUT2D eigenvalue weighted by atomic mass is 9.93. The Bertz CT molecular complexity index is 1260. The van der Waals surface area contributed by atoms with E-state index in [9.17, 15) is 29.4 Å². The summed E-state index contributed by atoms with van der Waals surface area (Å²) in [4.78, 5) is 54.0. The zero-order valence-electron chi connectivity index (χ0n) is 11.9. The first kappa shape index (κ1) is 14.2. The Balaban J connectivity index is 2.25.